The lowest BCUT2D eigenvalue weighted by Gasteiger charge is -2.14. The van der Waals surface area contributed by atoms with Gasteiger partial charge in [0.2, 0.25) is 0 Å². The van der Waals surface area contributed by atoms with Crippen LogP contribution in [0.1, 0.15) is 19.4 Å². The Kier molecular flexibility index (Phi) is 6.94. The van der Waals surface area contributed by atoms with E-state index in [1.54, 1.807) is 0 Å². The normalized spacial score (nSPS) is 11.7. The first-order chi connectivity index (χ1) is 9.90. The van der Waals surface area contributed by atoms with E-state index >= 15 is 0 Å². The molecule has 1 aromatic carbocycles. The van der Waals surface area contributed by atoms with Gasteiger partial charge in [0, 0.05) is 20.6 Å². The van der Waals surface area contributed by atoms with Gasteiger partial charge >= 0.3 is 0 Å². The molecule has 0 bridgehead atoms. The molecule has 6 nitrogen and oxygen atoms in total. The highest BCUT2D eigenvalue weighted by atomic mass is 32.2. The van der Waals surface area contributed by atoms with Gasteiger partial charge in [-0.1, -0.05) is 6.07 Å². The summed E-state index contributed by atoms with van der Waals surface area (Å²) in [5.74, 6) is 1.39. The zero-order chi connectivity index (χ0) is 15.9. The highest BCUT2D eigenvalue weighted by Crippen LogP contribution is 2.28. The van der Waals surface area contributed by atoms with Crippen molar-refractivity contribution in [3.05, 3.63) is 23.8 Å². The Bertz CT molecular complexity index is 544. The molecule has 21 heavy (non-hydrogen) atoms. The van der Waals surface area contributed by atoms with Gasteiger partial charge in [-0.2, -0.15) is 12.7 Å². The van der Waals surface area contributed by atoms with Gasteiger partial charge in [0.15, 0.2) is 11.5 Å². The van der Waals surface area contributed by atoms with Crippen LogP contribution < -0.4 is 14.2 Å². The van der Waals surface area contributed by atoms with Gasteiger partial charge in [0.1, 0.15) is 0 Å². The summed E-state index contributed by atoms with van der Waals surface area (Å²) in [6, 6.07) is 5.65. The van der Waals surface area contributed by atoms with Crippen molar-refractivity contribution in [2.45, 2.75) is 20.3 Å². The number of benzene rings is 1. The van der Waals surface area contributed by atoms with Crippen molar-refractivity contribution in [1.29, 1.82) is 0 Å². The minimum Gasteiger partial charge on any atom is -0.490 e. The second kappa shape index (κ2) is 8.21. The van der Waals surface area contributed by atoms with Crippen molar-refractivity contribution < 1.29 is 17.9 Å². The van der Waals surface area contributed by atoms with E-state index in [-0.39, 0.29) is 0 Å². The van der Waals surface area contributed by atoms with Gasteiger partial charge < -0.3 is 9.47 Å². The average molecular weight is 316 g/mol. The Morgan fingerprint density at radius 3 is 2.29 bits per heavy atom. The summed E-state index contributed by atoms with van der Waals surface area (Å²) in [6.07, 6.45) is 0.583. The molecule has 0 aliphatic rings. The van der Waals surface area contributed by atoms with E-state index < -0.39 is 10.2 Å². The molecular formula is C14H24N2O4S. The van der Waals surface area contributed by atoms with Gasteiger partial charge in [0.25, 0.3) is 10.2 Å². The van der Waals surface area contributed by atoms with Crippen LogP contribution in [-0.2, 0) is 16.6 Å². The molecule has 0 aromatic heterocycles. The third-order valence-corrected chi connectivity index (χ3v) is 4.32. The lowest BCUT2D eigenvalue weighted by atomic mass is 10.1. The molecule has 120 valence electrons. The van der Waals surface area contributed by atoms with Gasteiger partial charge in [-0.25, -0.2) is 4.72 Å². The van der Waals surface area contributed by atoms with Crippen molar-refractivity contribution in [3.8, 4) is 11.5 Å². The minimum atomic E-state index is -3.38. The second-order valence-electron chi connectivity index (χ2n) is 4.58. The molecule has 1 aromatic rings. The fourth-order valence-corrected chi connectivity index (χ4v) is 2.32. The summed E-state index contributed by atoms with van der Waals surface area (Å²) in [5.41, 5.74) is 0.989. The van der Waals surface area contributed by atoms with Gasteiger partial charge in [0.05, 0.1) is 13.2 Å². The number of nitrogens with zero attached hydrogens (tertiary/aromatic N) is 1. The average Bonchev–Trinajstić information content (AvgIpc) is 2.41. The summed E-state index contributed by atoms with van der Waals surface area (Å²) < 4.78 is 37.9. The van der Waals surface area contributed by atoms with E-state index in [0.717, 1.165) is 9.87 Å². The topological polar surface area (TPSA) is 67.9 Å². The largest absolute Gasteiger partial charge is 0.490 e. The Labute approximate surface area is 127 Å². The third-order valence-electron chi connectivity index (χ3n) is 2.79. The van der Waals surface area contributed by atoms with Crippen LogP contribution in [0.15, 0.2) is 18.2 Å². The van der Waals surface area contributed by atoms with Crippen molar-refractivity contribution in [2.24, 2.45) is 0 Å². The lowest BCUT2D eigenvalue weighted by molar-refractivity contribution is 0.287. The summed E-state index contributed by atoms with van der Waals surface area (Å²) in [5, 5.41) is 0. The minimum absolute atomic E-state index is 0.333. The highest BCUT2D eigenvalue weighted by Gasteiger charge is 2.12. The van der Waals surface area contributed by atoms with Gasteiger partial charge in [-0.15, -0.1) is 0 Å². The molecule has 0 radical (unpaired) electrons. The molecule has 0 heterocycles. The van der Waals surface area contributed by atoms with Gasteiger partial charge in [-0.3, -0.25) is 0 Å². The first kappa shape index (κ1) is 17.7. The Balaban J connectivity index is 2.70. The number of nitrogens with one attached hydrogen (secondary N) is 1. The fourth-order valence-electron chi connectivity index (χ4n) is 1.70. The van der Waals surface area contributed by atoms with Crippen LogP contribution >= 0.6 is 0 Å². The van der Waals surface area contributed by atoms with Crippen LogP contribution in [-0.4, -0.2) is 46.6 Å². The van der Waals surface area contributed by atoms with E-state index in [0.29, 0.717) is 37.7 Å². The van der Waals surface area contributed by atoms with E-state index in [9.17, 15) is 8.42 Å². The Hall–Kier alpha value is -1.31. The SMILES string of the molecule is CCOc1ccc(CCNS(=O)(=O)N(C)C)cc1OCC. The van der Waals surface area contributed by atoms with Crippen LogP contribution in [0.5, 0.6) is 11.5 Å². The molecular weight excluding hydrogens is 292 g/mol. The molecule has 1 N–H and O–H groups in total. The highest BCUT2D eigenvalue weighted by molar-refractivity contribution is 7.87. The number of hydrogen-bond acceptors (Lipinski definition) is 4. The van der Waals surface area contributed by atoms with E-state index in [1.165, 1.54) is 14.1 Å². The number of rotatable bonds is 9. The molecule has 0 saturated heterocycles. The van der Waals surface area contributed by atoms with Crippen LogP contribution in [0.2, 0.25) is 0 Å². The molecule has 0 aliphatic carbocycles. The van der Waals surface area contributed by atoms with E-state index in [4.69, 9.17) is 9.47 Å². The Morgan fingerprint density at radius 1 is 1.10 bits per heavy atom. The Morgan fingerprint density at radius 2 is 1.71 bits per heavy atom. The monoisotopic (exact) mass is 316 g/mol. The second-order valence-corrected chi connectivity index (χ2v) is 6.55. The molecule has 0 saturated carbocycles. The van der Waals surface area contributed by atoms with Crippen LogP contribution in [0, 0.1) is 0 Å². The lowest BCUT2D eigenvalue weighted by Crippen LogP contribution is -2.36. The van der Waals surface area contributed by atoms with Crippen molar-refractivity contribution in [3.63, 3.8) is 0 Å². The van der Waals surface area contributed by atoms with E-state index in [2.05, 4.69) is 4.72 Å². The summed E-state index contributed by atoms with van der Waals surface area (Å²) in [4.78, 5) is 0. The van der Waals surface area contributed by atoms with Crippen molar-refractivity contribution in [2.75, 3.05) is 33.9 Å². The van der Waals surface area contributed by atoms with Crippen molar-refractivity contribution >= 4 is 10.2 Å². The van der Waals surface area contributed by atoms with Crippen molar-refractivity contribution in [1.82, 2.24) is 9.03 Å². The standard InChI is InChI=1S/C14H24N2O4S/c1-5-19-13-8-7-12(11-14(13)20-6-2)9-10-15-21(17,18)16(3)4/h7-8,11,15H,5-6,9-10H2,1-4H3. The molecule has 7 heteroatoms. The molecule has 0 fully saturated rings. The quantitative estimate of drug-likeness (QED) is 0.748. The molecule has 0 atom stereocenters. The zero-order valence-corrected chi connectivity index (χ0v) is 13.9. The summed E-state index contributed by atoms with van der Waals surface area (Å²) in [6.45, 7) is 5.28. The molecule has 0 unspecified atom stereocenters. The fraction of sp³-hybridized carbons (Fsp3) is 0.571. The zero-order valence-electron chi connectivity index (χ0n) is 13.0. The maximum atomic E-state index is 11.6. The third kappa shape index (κ3) is 5.53. The van der Waals surface area contributed by atoms with Gasteiger partial charge in [-0.05, 0) is 38.0 Å². The summed E-state index contributed by atoms with van der Waals surface area (Å²) >= 11 is 0. The predicted octanol–water partition coefficient (Wildman–Crippen LogP) is 1.42. The van der Waals surface area contributed by atoms with Crippen LogP contribution in [0.4, 0.5) is 0 Å². The molecule has 0 spiro atoms. The molecule has 1 rings (SSSR count). The smallest absolute Gasteiger partial charge is 0.278 e. The predicted molar refractivity (Wildman–Crippen MR) is 83.1 cm³/mol. The maximum absolute atomic E-state index is 11.6. The van der Waals surface area contributed by atoms with E-state index in [1.807, 2.05) is 32.0 Å². The van der Waals surface area contributed by atoms with Crippen LogP contribution in [0.3, 0.4) is 0 Å². The number of hydrogen-bond donors (Lipinski definition) is 1. The first-order valence-corrected chi connectivity index (χ1v) is 8.40. The first-order valence-electron chi connectivity index (χ1n) is 6.96. The molecule has 0 amide bonds. The maximum Gasteiger partial charge on any atom is 0.278 e. The summed E-state index contributed by atoms with van der Waals surface area (Å²) in [7, 11) is -0.393. The molecule has 0 aliphatic heterocycles. The number of ether oxygens (including phenoxy) is 2. The van der Waals surface area contributed by atoms with Crippen LogP contribution in [0.25, 0.3) is 0 Å².